The second-order valence-corrected chi connectivity index (χ2v) is 12.5. The second-order valence-electron chi connectivity index (χ2n) is 11.4. The molecule has 1 aromatic heterocycles. The summed E-state index contributed by atoms with van der Waals surface area (Å²) in [4.78, 5) is 29.8. The van der Waals surface area contributed by atoms with Crippen molar-refractivity contribution >= 4 is 45.4 Å². The maximum Gasteiger partial charge on any atom is 0.197 e. The Labute approximate surface area is 221 Å². The monoisotopic (exact) mass is 501 g/mol. The number of nitrogens with zero attached hydrogens (tertiary/aromatic N) is 1. The molecule has 0 fully saturated rings. The van der Waals surface area contributed by atoms with Crippen molar-refractivity contribution in [1.82, 2.24) is 0 Å². The Bertz CT molecular complexity index is 1730. The van der Waals surface area contributed by atoms with Gasteiger partial charge in [-0.1, -0.05) is 81.8 Å². The molecule has 0 amide bonds. The number of para-hydroxylation sites is 2. The van der Waals surface area contributed by atoms with E-state index in [1.54, 1.807) is 17.4 Å². The molecule has 0 saturated carbocycles. The number of carbonyl (C=O) groups is 2. The lowest BCUT2D eigenvalue weighted by Gasteiger charge is -2.48. The van der Waals surface area contributed by atoms with E-state index < -0.39 is 0 Å². The van der Waals surface area contributed by atoms with Gasteiger partial charge in [-0.05, 0) is 53.5 Å². The average Bonchev–Trinajstić information content (AvgIpc) is 3.39. The molecule has 0 atom stereocenters. The van der Waals surface area contributed by atoms with Gasteiger partial charge in [0.05, 0.1) is 16.9 Å². The fraction of sp³-hybridized carbons (Fsp3) is 0.212. The summed E-state index contributed by atoms with van der Waals surface area (Å²) >= 11 is 1.66. The van der Waals surface area contributed by atoms with E-state index in [-0.39, 0.29) is 28.0 Å². The summed E-state index contributed by atoms with van der Waals surface area (Å²) in [6.45, 7) is 11.1. The average molecular weight is 502 g/mol. The molecule has 3 aromatic carbocycles. The Hall–Kier alpha value is -3.76. The lowest BCUT2D eigenvalue weighted by atomic mass is 9.67. The topological polar surface area (TPSA) is 37.4 Å². The predicted molar refractivity (Wildman–Crippen MR) is 151 cm³/mol. The third-order valence-corrected chi connectivity index (χ3v) is 9.54. The van der Waals surface area contributed by atoms with Crippen LogP contribution in [0, 0.1) is 6.92 Å². The first kappa shape index (κ1) is 22.4. The molecule has 4 heteroatoms. The highest BCUT2D eigenvalue weighted by Crippen LogP contribution is 2.61. The molecule has 3 heterocycles. The van der Waals surface area contributed by atoms with Gasteiger partial charge in [0.1, 0.15) is 5.00 Å². The number of allylic oxidation sites excluding steroid dienone is 1. The summed E-state index contributed by atoms with van der Waals surface area (Å²) in [5.74, 6) is -0.355. The van der Waals surface area contributed by atoms with Gasteiger partial charge in [0.25, 0.3) is 0 Å². The van der Waals surface area contributed by atoms with Crippen LogP contribution < -0.4 is 4.90 Å². The number of thiophene rings is 1. The van der Waals surface area contributed by atoms with E-state index in [0.29, 0.717) is 11.1 Å². The molecule has 0 radical (unpaired) electrons. The van der Waals surface area contributed by atoms with Gasteiger partial charge in [-0.15, -0.1) is 11.3 Å². The predicted octanol–water partition coefficient (Wildman–Crippen LogP) is 8.27. The standard InChI is InChI=1S/C33H27NO2S/c1-18-13-14-20-21(15-18)30(36)22(29(20)35)16-19-17-26-31(37-19)34-27-12-7-6-9-23(27)32(2,3)24-10-8-11-25(28(24)34)33(26,4)5/h6-17H,1-5H3/b22-16-. The van der Waals surface area contributed by atoms with E-state index in [1.165, 1.54) is 33.6 Å². The number of rotatable bonds is 1. The maximum atomic E-state index is 13.2. The summed E-state index contributed by atoms with van der Waals surface area (Å²) in [7, 11) is 0. The number of fused-ring (bicyclic) bond motifs is 5. The van der Waals surface area contributed by atoms with E-state index in [1.807, 2.05) is 25.1 Å². The number of benzene rings is 3. The van der Waals surface area contributed by atoms with Gasteiger partial charge in [0.15, 0.2) is 11.6 Å². The van der Waals surface area contributed by atoms with Gasteiger partial charge in [0.2, 0.25) is 0 Å². The zero-order chi connectivity index (χ0) is 25.9. The van der Waals surface area contributed by atoms with E-state index in [9.17, 15) is 9.59 Å². The van der Waals surface area contributed by atoms with E-state index >= 15 is 0 Å². The lowest BCUT2D eigenvalue weighted by molar-refractivity contribution is 0.0990. The lowest BCUT2D eigenvalue weighted by Crippen LogP contribution is -2.37. The molecule has 3 nitrogen and oxygen atoms in total. The molecule has 1 aliphatic carbocycles. The van der Waals surface area contributed by atoms with Crippen molar-refractivity contribution in [2.24, 2.45) is 0 Å². The van der Waals surface area contributed by atoms with E-state index in [2.05, 4.69) is 81.1 Å². The van der Waals surface area contributed by atoms with Crippen LogP contribution in [-0.4, -0.2) is 11.6 Å². The molecule has 0 N–H and O–H groups in total. The molecule has 0 bridgehead atoms. The fourth-order valence-corrected chi connectivity index (χ4v) is 7.69. The normalized spacial score (nSPS) is 18.9. The Balaban J connectivity index is 1.45. The highest BCUT2D eigenvalue weighted by atomic mass is 32.1. The molecule has 0 spiro atoms. The van der Waals surface area contributed by atoms with Gasteiger partial charge in [-0.2, -0.15) is 0 Å². The SMILES string of the molecule is Cc1ccc2c(c1)C(=O)/C(=C\c1cc3c(s1)N1c4ccccc4C(C)(C)c4cccc(c41)C3(C)C)C2=O. The molecule has 3 aliphatic rings. The third kappa shape index (κ3) is 2.82. The minimum absolute atomic E-state index is 0.124. The van der Waals surface area contributed by atoms with Crippen molar-refractivity contribution in [3.63, 3.8) is 0 Å². The van der Waals surface area contributed by atoms with Crippen LogP contribution in [-0.2, 0) is 10.8 Å². The molecule has 37 heavy (non-hydrogen) atoms. The van der Waals surface area contributed by atoms with Crippen molar-refractivity contribution in [3.8, 4) is 0 Å². The fourth-order valence-electron chi connectivity index (χ4n) is 6.41. The van der Waals surface area contributed by atoms with Gasteiger partial charge in [0, 0.05) is 26.8 Å². The number of aryl methyl sites for hydroxylation is 1. The van der Waals surface area contributed by atoms with Gasteiger partial charge < -0.3 is 4.90 Å². The number of ketones is 2. The van der Waals surface area contributed by atoms with Crippen LogP contribution in [0.4, 0.5) is 16.4 Å². The highest BCUT2D eigenvalue weighted by Gasteiger charge is 2.46. The largest absolute Gasteiger partial charge is 0.301 e. The van der Waals surface area contributed by atoms with Crippen molar-refractivity contribution in [2.75, 3.05) is 4.90 Å². The second kappa shape index (κ2) is 7.17. The summed E-state index contributed by atoms with van der Waals surface area (Å²) in [6.07, 6.45) is 1.81. The molecular formula is C33H27NO2S. The van der Waals surface area contributed by atoms with Gasteiger partial charge in [-0.3, -0.25) is 9.59 Å². The van der Waals surface area contributed by atoms with Crippen LogP contribution in [0.15, 0.2) is 72.3 Å². The summed E-state index contributed by atoms with van der Waals surface area (Å²) in [5.41, 5.74) is 9.51. The molecule has 2 aliphatic heterocycles. The zero-order valence-corrected chi connectivity index (χ0v) is 22.4. The van der Waals surface area contributed by atoms with Crippen LogP contribution in [0.3, 0.4) is 0 Å². The number of carbonyl (C=O) groups excluding carboxylic acids is 2. The van der Waals surface area contributed by atoms with Crippen molar-refractivity contribution < 1.29 is 9.59 Å². The van der Waals surface area contributed by atoms with E-state index in [0.717, 1.165) is 15.4 Å². The number of hydrogen-bond donors (Lipinski definition) is 0. The number of Topliss-reactive ketones (excluding diaryl/α,β-unsaturated/α-hetero) is 2. The summed E-state index contributed by atoms with van der Waals surface area (Å²) in [6, 6.07) is 23.0. The first-order valence-corrected chi connectivity index (χ1v) is 13.5. The smallest absolute Gasteiger partial charge is 0.197 e. The van der Waals surface area contributed by atoms with E-state index in [4.69, 9.17) is 0 Å². The summed E-state index contributed by atoms with van der Waals surface area (Å²) in [5, 5.41) is 1.16. The first-order valence-electron chi connectivity index (χ1n) is 12.7. The Kier molecular flexibility index (Phi) is 4.35. The molecule has 0 saturated heterocycles. The minimum Gasteiger partial charge on any atom is -0.301 e. The molecule has 182 valence electrons. The van der Waals surface area contributed by atoms with Crippen LogP contribution in [0.5, 0.6) is 0 Å². The molecular weight excluding hydrogens is 474 g/mol. The van der Waals surface area contributed by atoms with Gasteiger partial charge >= 0.3 is 0 Å². The Morgan fingerprint density at radius 2 is 1.38 bits per heavy atom. The van der Waals surface area contributed by atoms with Crippen LogP contribution >= 0.6 is 11.3 Å². The third-order valence-electron chi connectivity index (χ3n) is 8.47. The number of hydrogen-bond acceptors (Lipinski definition) is 4. The number of anilines is 3. The van der Waals surface area contributed by atoms with Crippen molar-refractivity contribution in [1.29, 1.82) is 0 Å². The molecule has 0 unspecified atom stereocenters. The summed E-state index contributed by atoms with van der Waals surface area (Å²) < 4.78 is 0. The Morgan fingerprint density at radius 3 is 2.14 bits per heavy atom. The highest BCUT2D eigenvalue weighted by molar-refractivity contribution is 7.17. The van der Waals surface area contributed by atoms with Gasteiger partial charge in [-0.25, -0.2) is 0 Å². The minimum atomic E-state index is -0.226. The molecule has 4 aromatic rings. The Morgan fingerprint density at radius 1 is 0.730 bits per heavy atom. The van der Waals surface area contributed by atoms with Crippen LogP contribution in [0.25, 0.3) is 6.08 Å². The first-order chi connectivity index (χ1) is 17.6. The quantitative estimate of drug-likeness (QED) is 0.195. The van der Waals surface area contributed by atoms with Crippen molar-refractivity contribution in [3.05, 3.63) is 116 Å². The van der Waals surface area contributed by atoms with Crippen LogP contribution in [0.2, 0.25) is 0 Å². The molecule has 7 rings (SSSR count). The van der Waals surface area contributed by atoms with Crippen LogP contribution in [0.1, 0.15) is 81.1 Å². The zero-order valence-electron chi connectivity index (χ0n) is 21.6. The maximum absolute atomic E-state index is 13.2. The van der Waals surface area contributed by atoms with Crippen molar-refractivity contribution in [2.45, 2.75) is 45.4 Å².